The molecule has 2 saturated heterocycles. The largest absolute Gasteiger partial charge is 0.490 e. The molecule has 2 nitrogen and oxygen atoms in total. The van der Waals surface area contributed by atoms with Crippen LogP contribution in [0, 0.1) is 0 Å². The van der Waals surface area contributed by atoms with Gasteiger partial charge in [0.25, 0.3) is 0 Å². The molecule has 0 bridgehead atoms. The van der Waals surface area contributed by atoms with E-state index >= 15 is 0 Å². The first kappa shape index (κ1) is 13.8. The molecule has 4 heteroatoms. The number of ether oxygens (including phenoxy) is 2. The lowest BCUT2D eigenvalue weighted by Gasteiger charge is -2.37. The number of alkyl halides is 1. The number of rotatable bonds is 3. The smallest absolute Gasteiger partial charge is 0.120 e. The standard InChI is InChI=1S/C15H19BrO2S/c16-10-12-2-1-3-13(8-12)18-14-4-6-17-15(9-14)5-7-19-11-15/h1-3,8,14H,4-7,9-11H2. The van der Waals surface area contributed by atoms with E-state index < -0.39 is 0 Å². The average Bonchev–Trinajstić information content (AvgIpc) is 2.87. The van der Waals surface area contributed by atoms with Crippen LogP contribution in [-0.4, -0.2) is 29.8 Å². The Morgan fingerprint density at radius 1 is 1.47 bits per heavy atom. The normalized spacial score (nSPS) is 30.7. The Morgan fingerprint density at radius 2 is 2.42 bits per heavy atom. The van der Waals surface area contributed by atoms with Gasteiger partial charge in [-0.25, -0.2) is 0 Å². The van der Waals surface area contributed by atoms with Crippen LogP contribution in [-0.2, 0) is 10.1 Å². The predicted octanol–water partition coefficient (Wildman–Crippen LogP) is 4.02. The van der Waals surface area contributed by atoms with Gasteiger partial charge in [0.15, 0.2) is 0 Å². The number of benzene rings is 1. The minimum atomic E-state index is 0.0978. The van der Waals surface area contributed by atoms with Crippen LogP contribution in [0.1, 0.15) is 24.8 Å². The molecule has 0 amide bonds. The maximum absolute atomic E-state index is 6.17. The molecule has 2 aliphatic heterocycles. The van der Waals surface area contributed by atoms with Crippen molar-refractivity contribution in [1.82, 2.24) is 0 Å². The van der Waals surface area contributed by atoms with Gasteiger partial charge in [-0.3, -0.25) is 0 Å². The molecular weight excluding hydrogens is 324 g/mol. The van der Waals surface area contributed by atoms with Crippen molar-refractivity contribution >= 4 is 27.7 Å². The first-order valence-corrected chi connectivity index (χ1v) is 9.11. The second kappa shape index (κ2) is 6.06. The van der Waals surface area contributed by atoms with Gasteiger partial charge in [-0.1, -0.05) is 28.1 Å². The molecule has 0 saturated carbocycles. The van der Waals surface area contributed by atoms with Crippen molar-refractivity contribution in [2.24, 2.45) is 0 Å². The SMILES string of the molecule is BrCc1cccc(OC2CCOC3(CCSC3)C2)c1. The molecule has 2 unspecified atom stereocenters. The Bertz CT molecular complexity index is 432. The molecule has 1 aromatic rings. The topological polar surface area (TPSA) is 18.5 Å². The maximum Gasteiger partial charge on any atom is 0.120 e. The van der Waals surface area contributed by atoms with Crippen molar-refractivity contribution in [3.63, 3.8) is 0 Å². The first-order chi connectivity index (χ1) is 9.30. The van der Waals surface area contributed by atoms with E-state index in [0.29, 0.717) is 6.10 Å². The minimum absolute atomic E-state index is 0.0978. The van der Waals surface area contributed by atoms with Gasteiger partial charge in [-0.15, -0.1) is 0 Å². The summed E-state index contributed by atoms with van der Waals surface area (Å²) in [5.74, 6) is 3.35. The highest BCUT2D eigenvalue weighted by Crippen LogP contribution is 2.39. The van der Waals surface area contributed by atoms with Gasteiger partial charge in [0.05, 0.1) is 12.2 Å². The zero-order valence-corrected chi connectivity index (χ0v) is 13.3. The molecule has 19 heavy (non-hydrogen) atoms. The van der Waals surface area contributed by atoms with Crippen LogP contribution in [0.15, 0.2) is 24.3 Å². The molecule has 0 aromatic heterocycles. The van der Waals surface area contributed by atoms with E-state index in [1.165, 1.54) is 17.7 Å². The Kier molecular flexibility index (Phi) is 4.40. The van der Waals surface area contributed by atoms with Crippen molar-refractivity contribution in [1.29, 1.82) is 0 Å². The van der Waals surface area contributed by atoms with Crippen molar-refractivity contribution in [2.45, 2.75) is 36.3 Å². The summed E-state index contributed by atoms with van der Waals surface area (Å²) in [6, 6.07) is 8.35. The highest BCUT2D eigenvalue weighted by molar-refractivity contribution is 9.08. The van der Waals surface area contributed by atoms with Crippen molar-refractivity contribution in [2.75, 3.05) is 18.1 Å². The second-order valence-corrected chi connectivity index (χ2v) is 7.01. The maximum atomic E-state index is 6.17. The quantitative estimate of drug-likeness (QED) is 0.773. The number of hydrogen-bond donors (Lipinski definition) is 0. The van der Waals surface area contributed by atoms with E-state index in [4.69, 9.17) is 9.47 Å². The lowest BCUT2D eigenvalue weighted by molar-refractivity contribution is -0.0959. The van der Waals surface area contributed by atoms with Crippen LogP contribution in [0.4, 0.5) is 0 Å². The molecule has 3 rings (SSSR count). The lowest BCUT2D eigenvalue weighted by atomic mass is 9.91. The number of halogens is 1. The molecule has 1 spiro atoms. The zero-order valence-electron chi connectivity index (χ0n) is 10.9. The van der Waals surface area contributed by atoms with Gasteiger partial charge in [-0.2, -0.15) is 11.8 Å². The van der Waals surface area contributed by atoms with Crippen molar-refractivity contribution in [3.8, 4) is 5.75 Å². The Morgan fingerprint density at radius 3 is 3.21 bits per heavy atom. The van der Waals surface area contributed by atoms with Gasteiger partial charge < -0.3 is 9.47 Å². The Balaban J connectivity index is 1.65. The van der Waals surface area contributed by atoms with Crippen LogP contribution in [0.2, 0.25) is 0 Å². The summed E-state index contributed by atoms with van der Waals surface area (Å²) < 4.78 is 12.2. The van der Waals surface area contributed by atoms with Crippen LogP contribution in [0.5, 0.6) is 5.75 Å². The van der Waals surface area contributed by atoms with Crippen LogP contribution >= 0.6 is 27.7 Å². The molecule has 2 atom stereocenters. The van der Waals surface area contributed by atoms with E-state index in [1.54, 1.807) is 0 Å². The number of thioether (sulfide) groups is 1. The van der Waals surface area contributed by atoms with E-state index in [-0.39, 0.29) is 5.60 Å². The van der Waals surface area contributed by atoms with Crippen molar-refractivity contribution < 1.29 is 9.47 Å². The Labute approximate surface area is 127 Å². The molecule has 1 aromatic carbocycles. The van der Waals surface area contributed by atoms with E-state index in [2.05, 4.69) is 40.2 Å². The molecule has 2 heterocycles. The highest BCUT2D eigenvalue weighted by atomic mass is 79.9. The van der Waals surface area contributed by atoms with E-state index in [0.717, 1.165) is 36.3 Å². The fourth-order valence-electron chi connectivity index (χ4n) is 2.84. The third kappa shape index (κ3) is 3.29. The third-order valence-electron chi connectivity index (χ3n) is 3.87. The van der Waals surface area contributed by atoms with Crippen LogP contribution in [0.25, 0.3) is 0 Å². The average molecular weight is 343 g/mol. The highest BCUT2D eigenvalue weighted by Gasteiger charge is 2.41. The minimum Gasteiger partial charge on any atom is -0.490 e. The molecule has 0 aliphatic carbocycles. The van der Waals surface area contributed by atoms with Gasteiger partial charge >= 0.3 is 0 Å². The summed E-state index contributed by atoms with van der Waals surface area (Å²) >= 11 is 5.49. The summed E-state index contributed by atoms with van der Waals surface area (Å²) in [4.78, 5) is 0. The van der Waals surface area contributed by atoms with Gasteiger partial charge in [0.2, 0.25) is 0 Å². The molecular formula is C15H19BrO2S. The lowest BCUT2D eigenvalue weighted by Crippen LogP contribution is -2.43. The van der Waals surface area contributed by atoms with Gasteiger partial charge in [0, 0.05) is 23.9 Å². The molecule has 2 fully saturated rings. The molecule has 0 N–H and O–H groups in total. The first-order valence-electron chi connectivity index (χ1n) is 6.83. The Hall–Kier alpha value is -0.190. The second-order valence-electron chi connectivity index (χ2n) is 5.35. The van der Waals surface area contributed by atoms with Crippen LogP contribution < -0.4 is 4.74 Å². The summed E-state index contributed by atoms with van der Waals surface area (Å²) in [6.45, 7) is 0.837. The zero-order chi connectivity index (χ0) is 13.1. The summed E-state index contributed by atoms with van der Waals surface area (Å²) in [5.41, 5.74) is 1.36. The fraction of sp³-hybridized carbons (Fsp3) is 0.600. The van der Waals surface area contributed by atoms with Gasteiger partial charge in [0.1, 0.15) is 11.9 Å². The van der Waals surface area contributed by atoms with E-state index in [1.807, 2.05) is 11.8 Å². The molecule has 0 radical (unpaired) electrons. The van der Waals surface area contributed by atoms with E-state index in [9.17, 15) is 0 Å². The fourth-order valence-corrected chi connectivity index (χ4v) is 4.57. The third-order valence-corrected chi connectivity index (χ3v) is 5.74. The number of hydrogen-bond acceptors (Lipinski definition) is 3. The molecule has 2 aliphatic rings. The molecule has 104 valence electrons. The monoisotopic (exact) mass is 342 g/mol. The summed E-state index contributed by atoms with van der Waals surface area (Å²) in [6.07, 6.45) is 3.53. The summed E-state index contributed by atoms with van der Waals surface area (Å²) in [5, 5.41) is 0.874. The van der Waals surface area contributed by atoms with Crippen LogP contribution in [0.3, 0.4) is 0 Å². The summed E-state index contributed by atoms with van der Waals surface area (Å²) in [7, 11) is 0. The van der Waals surface area contributed by atoms with Gasteiger partial charge in [-0.05, 0) is 29.9 Å². The predicted molar refractivity (Wildman–Crippen MR) is 83.3 cm³/mol. The van der Waals surface area contributed by atoms with Crippen molar-refractivity contribution in [3.05, 3.63) is 29.8 Å².